The molecule has 4 aromatic carbocycles. The Labute approximate surface area is 210 Å². The lowest BCUT2D eigenvalue weighted by Gasteiger charge is -2.29. The van der Waals surface area contributed by atoms with Crippen molar-refractivity contribution in [1.82, 2.24) is 0 Å². The summed E-state index contributed by atoms with van der Waals surface area (Å²) in [4.78, 5) is 13.0. The summed E-state index contributed by atoms with van der Waals surface area (Å²) >= 11 is 0. The minimum Gasteiger partial charge on any atom is -0.299 e. The van der Waals surface area contributed by atoms with Crippen molar-refractivity contribution >= 4 is 16.6 Å². The van der Waals surface area contributed by atoms with Crippen LogP contribution in [0, 0.1) is 26.7 Å². The number of ketones is 1. The lowest BCUT2D eigenvalue weighted by molar-refractivity contribution is -0.123. The summed E-state index contributed by atoms with van der Waals surface area (Å²) in [5.74, 6) is 1.23. The highest BCUT2D eigenvalue weighted by molar-refractivity contribution is 5.98. The van der Waals surface area contributed by atoms with E-state index in [1.807, 2.05) is 0 Å². The molecule has 0 amide bonds. The fourth-order valence-electron chi connectivity index (χ4n) is 6.07. The second-order valence-corrected chi connectivity index (χ2v) is 10.6. The Morgan fingerprint density at radius 2 is 1.37 bits per heavy atom. The molecule has 0 aliphatic heterocycles. The number of rotatable bonds is 6. The first-order chi connectivity index (χ1) is 17.0. The van der Waals surface area contributed by atoms with E-state index >= 15 is 0 Å². The van der Waals surface area contributed by atoms with E-state index in [1.165, 1.54) is 49.7 Å². The van der Waals surface area contributed by atoms with Crippen molar-refractivity contribution < 1.29 is 4.79 Å². The van der Waals surface area contributed by atoms with Crippen LogP contribution in [0.4, 0.5) is 0 Å². The van der Waals surface area contributed by atoms with Gasteiger partial charge in [-0.05, 0) is 91.8 Å². The van der Waals surface area contributed by atoms with E-state index < -0.39 is 0 Å². The largest absolute Gasteiger partial charge is 0.299 e. The molecule has 5 rings (SSSR count). The highest BCUT2D eigenvalue weighted by Gasteiger charge is 2.27. The van der Waals surface area contributed by atoms with Gasteiger partial charge < -0.3 is 0 Å². The fraction of sp³-hybridized carbons (Fsp3) is 0.324. The number of hydrogen-bond donors (Lipinski definition) is 0. The average molecular weight is 461 g/mol. The molecular formula is C34H36O. The summed E-state index contributed by atoms with van der Waals surface area (Å²) in [6.07, 6.45) is 5.79. The molecule has 1 saturated carbocycles. The van der Waals surface area contributed by atoms with Crippen LogP contribution in [0.5, 0.6) is 0 Å². The predicted octanol–water partition coefficient (Wildman–Crippen LogP) is 8.91. The summed E-state index contributed by atoms with van der Waals surface area (Å²) in [7, 11) is 0. The maximum atomic E-state index is 13.0. The van der Waals surface area contributed by atoms with Crippen LogP contribution < -0.4 is 0 Å². The van der Waals surface area contributed by atoms with E-state index in [0.717, 1.165) is 32.1 Å². The molecular weight excluding hydrogens is 424 g/mol. The van der Waals surface area contributed by atoms with E-state index in [9.17, 15) is 4.79 Å². The topological polar surface area (TPSA) is 17.1 Å². The minimum atomic E-state index is 0.232. The Bertz CT molecular complexity index is 1320. The van der Waals surface area contributed by atoms with Crippen molar-refractivity contribution in [2.75, 3.05) is 0 Å². The number of benzene rings is 4. The van der Waals surface area contributed by atoms with E-state index in [0.29, 0.717) is 18.1 Å². The van der Waals surface area contributed by atoms with E-state index in [-0.39, 0.29) is 5.92 Å². The SMILES string of the molecule is Cc1ccc(-c2ccc(C3CCC(C(=O)CCc4cc(C)cc(C)c4)CC3)c3ccccc23)cc1. The molecule has 0 aromatic heterocycles. The third-order valence-electron chi connectivity index (χ3n) is 7.88. The minimum absolute atomic E-state index is 0.232. The van der Waals surface area contributed by atoms with Crippen LogP contribution in [-0.4, -0.2) is 5.78 Å². The quantitative estimate of drug-likeness (QED) is 0.281. The zero-order chi connectivity index (χ0) is 24.4. The zero-order valence-electron chi connectivity index (χ0n) is 21.3. The van der Waals surface area contributed by atoms with Gasteiger partial charge in [0.2, 0.25) is 0 Å². The van der Waals surface area contributed by atoms with Crippen LogP contribution in [0.25, 0.3) is 21.9 Å². The van der Waals surface area contributed by atoms with Gasteiger partial charge in [0.15, 0.2) is 0 Å². The van der Waals surface area contributed by atoms with Gasteiger partial charge in [-0.1, -0.05) is 95.6 Å². The number of carbonyl (C=O) groups excluding carboxylic acids is 1. The maximum absolute atomic E-state index is 13.0. The lowest BCUT2D eigenvalue weighted by atomic mass is 9.75. The molecule has 0 unspecified atom stereocenters. The number of carbonyl (C=O) groups is 1. The van der Waals surface area contributed by atoms with Crippen molar-refractivity contribution in [2.24, 2.45) is 5.92 Å². The number of fused-ring (bicyclic) bond motifs is 1. The normalized spacial score (nSPS) is 18.0. The number of hydrogen-bond acceptors (Lipinski definition) is 1. The van der Waals surface area contributed by atoms with E-state index in [4.69, 9.17) is 0 Å². The lowest BCUT2D eigenvalue weighted by Crippen LogP contribution is -2.21. The first-order valence-corrected chi connectivity index (χ1v) is 13.2. The molecule has 178 valence electrons. The zero-order valence-corrected chi connectivity index (χ0v) is 21.3. The van der Waals surface area contributed by atoms with Crippen LogP contribution >= 0.6 is 0 Å². The van der Waals surface area contributed by atoms with Gasteiger partial charge in [0.25, 0.3) is 0 Å². The van der Waals surface area contributed by atoms with Crippen molar-refractivity contribution in [2.45, 2.75) is 65.2 Å². The van der Waals surface area contributed by atoms with Crippen LogP contribution in [0.3, 0.4) is 0 Å². The second-order valence-electron chi connectivity index (χ2n) is 10.6. The molecule has 0 atom stereocenters. The fourth-order valence-corrected chi connectivity index (χ4v) is 6.07. The van der Waals surface area contributed by atoms with Crippen molar-refractivity contribution in [3.8, 4) is 11.1 Å². The molecule has 4 aromatic rings. The standard InChI is InChI=1S/C34H36O/c1-23-8-11-27(12-9-23)30-17-18-31(33-7-5-4-6-32(30)33)28-13-15-29(16-14-28)34(35)19-10-26-21-24(2)20-25(3)22-26/h4-9,11-12,17-18,20-22,28-29H,10,13-16,19H2,1-3H3. The van der Waals surface area contributed by atoms with Crippen molar-refractivity contribution in [3.63, 3.8) is 0 Å². The molecule has 0 radical (unpaired) electrons. The highest BCUT2D eigenvalue weighted by Crippen LogP contribution is 2.41. The summed E-state index contributed by atoms with van der Waals surface area (Å²) in [5.41, 5.74) is 9.19. The van der Waals surface area contributed by atoms with Crippen LogP contribution in [-0.2, 0) is 11.2 Å². The van der Waals surface area contributed by atoms with Gasteiger partial charge in [-0.25, -0.2) is 0 Å². The summed E-state index contributed by atoms with van der Waals surface area (Å²) in [6, 6.07) is 29.0. The number of aryl methyl sites for hydroxylation is 4. The third-order valence-corrected chi connectivity index (χ3v) is 7.88. The van der Waals surface area contributed by atoms with Crippen LogP contribution in [0.15, 0.2) is 78.9 Å². The monoisotopic (exact) mass is 460 g/mol. The summed E-state index contributed by atoms with van der Waals surface area (Å²) < 4.78 is 0. The van der Waals surface area contributed by atoms with E-state index in [2.05, 4.69) is 99.6 Å². The molecule has 1 heteroatoms. The van der Waals surface area contributed by atoms with Gasteiger partial charge in [0.1, 0.15) is 5.78 Å². The predicted molar refractivity (Wildman–Crippen MR) is 148 cm³/mol. The Morgan fingerprint density at radius 3 is 2.06 bits per heavy atom. The van der Waals surface area contributed by atoms with Gasteiger partial charge in [0.05, 0.1) is 0 Å². The molecule has 0 saturated heterocycles. The molecule has 1 aliphatic carbocycles. The van der Waals surface area contributed by atoms with Gasteiger partial charge in [-0.15, -0.1) is 0 Å². The van der Waals surface area contributed by atoms with Crippen LogP contribution in [0.2, 0.25) is 0 Å². The second kappa shape index (κ2) is 10.2. The summed E-state index contributed by atoms with van der Waals surface area (Å²) in [5, 5.41) is 2.70. The molecule has 1 nitrogen and oxygen atoms in total. The maximum Gasteiger partial charge on any atom is 0.136 e. The Kier molecular flexibility index (Phi) is 6.86. The smallest absolute Gasteiger partial charge is 0.136 e. The molecule has 1 aliphatic rings. The van der Waals surface area contributed by atoms with Gasteiger partial charge in [0, 0.05) is 12.3 Å². The molecule has 0 N–H and O–H groups in total. The van der Waals surface area contributed by atoms with Gasteiger partial charge in [-0.2, -0.15) is 0 Å². The third kappa shape index (κ3) is 5.25. The first kappa shape index (κ1) is 23.5. The Morgan fingerprint density at radius 1 is 0.714 bits per heavy atom. The molecule has 0 spiro atoms. The Hall–Kier alpha value is -3.19. The first-order valence-electron chi connectivity index (χ1n) is 13.2. The molecule has 0 heterocycles. The van der Waals surface area contributed by atoms with Gasteiger partial charge in [-0.3, -0.25) is 4.79 Å². The average Bonchev–Trinajstić information content (AvgIpc) is 2.87. The molecule has 1 fully saturated rings. The molecule has 0 bridgehead atoms. The van der Waals surface area contributed by atoms with E-state index in [1.54, 1.807) is 0 Å². The van der Waals surface area contributed by atoms with Crippen LogP contribution in [0.1, 0.15) is 65.8 Å². The van der Waals surface area contributed by atoms with Crippen molar-refractivity contribution in [1.29, 1.82) is 0 Å². The Balaban J connectivity index is 1.28. The summed E-state index contributed by atoms with van der Waals surface area (Å²) in [6.45, 7) is 6.41. The highest BCUT2D eigenvalue weighted by atomic mass is 16.1. The van der Waals surface area contributed by atoms with Crippen molar-refractivity contribution in [3.05, 3.63) is 107 Å². The number of Topliss-reactive ketones (excluding diaryl/α,β-unsaturated/α-hetero) is 1. The van der Waals surface area contributed by atoms with Gasteiger partial charge >= 0.3 is 0 Å². The molecule has 35 heavy (non-hydrogen) atoms.